The monoisotopic (exact) mass is 280 g/mol. The van der Waals surface area contributed by atoms with Crippen LogP contribution >= 0.6 is 0 Å². The number of rotatable bonds is 10. The van der Waals surface area contributed by atoms with E-state index in [4.69, 9.17) is 4.74 Å². The van der Waals surface area contributed by atoms with Crippen LogP contribution in [-0.4, -0.2) is 57.4 Å². The molecule has 0 aliphatic carbocycles. The van der Waals surface area contributed by atoms with Crippen LogP contribution in [0.3, 0.4) is 0 Å². The van der Waals surface area contributed by atoms with Crippen molar-refractivity contribution in [3.8, 4) is 0 Å². The molecule has 0 amide bonds. The first kappa shape index (κ1) is 17.8. The normalized spacial score (nSPS) is 15.9. The van der Waals surface area contributed by atoms with E-state index in [1.165, 1.54) is 4.31 Å². The van der Waals surface area contributed by atoms with Crippen molar-refractivity contribution in [3.63, 3.8) is 0 Å². The maximum absolute atomic E-state index is 12.4. The second kappa shape index (κ2) is 8.85. The van der Waals surface area contributed by atoms with Crippen molar-refractivity contribution < 1.29 is 13.2 Å². The highest BCUT2D eigenvalue weighted by molar-refractivity contribution is 7.89. The molecule has 0 aromatic heterocycles. The molecule has 0 rings (SSSR count). The molecule has 5 nitrogen and oxygen atoms in total. The van der Waals surface area contributed by atoms with Gasteiger partial charge in [-0.05, 0) is 26.8 Å². The summed E-state index contributed by atoms with van der Waals surface area (Å²) in [6, 6.07) is -0.126. The standard InChI is InChI=1S/C12H28N2O3S/c1-6-8-13-9-12(4)18(15,16)14(7-2)11(3)10-17-5/h11-13H,6-10H2,1-5H3. The van der Waals surface area contributed by atoms with Crippen molar-refractivity contribution in [3.05, 3.63) is 0 Å². The van der Waals surface area contributed by atoms with E-state index in [1.54, 1.807) is 14.0 Å². The third-order valence-electron chi connectivity index (χ3n) is 2.91. The van der Waals surface area contributed by atoms with Crippen molar-refractivity contribution in [2.45, 2.75) is 45.4 Å². The maximum Gasteiger partial charge on any atom is 0.218 e. The molecule has 0 aliphatic heterocycles. The zero-order valence-corrected chi connectivity index (χ0v) is 13.1. The zero-order chi connectivity index (χ0) is 14.2. The zero-order valence-electron chi connectivity index (χ0n) is 12.3. The maximum atomic E-state index is 12.4. The first-order chi connectivity index (χ1) is 8.41. The Balaban J connectivity index is 4.64. The fourth-order valence-corrected chi connectivity index (χ4v) is 3.60. The molecular weight excluding hydrogens is 252 g/mol. The molecule has 6 heteroatoms. The summed E-state index contributed by atoms with van der Waals surface area (Å²) in [5, 5.41) is 2.74. The van der Waals surface area contributed by atoms with E-state index >= 15 is 0 Å². The highest BCUT2D eigenvalue weighted by atomic mass is 32.2. The molecule has 0 bridgehead atoms. The summed E-state index contributed by atoms with van der Waals surface area (Å²) in [6.07, 6.45) is 1.00. The van der Waals surface area contributed by atoms with Crippen LogP contribution in [0.4, 0.5) is 0 Å². The molecule has 0 saturated heterocycles. The van der Waals surface area contributed by atoms with Gasteiger partial charge in [-0.3, -0.25) is 0 Å². The van der Waals surface area contributed by atoms with Crippen LogP contribution < -0.4 is 5.32 Å². The van der Waals surface area contributed by atoms with Gasteiger partial charge >= 0.3 is 0 Å². The summed E-state index contributed by atoms with van der Waals surface area (Å²) in [5.74, 6) is 0. The van der Waals surface area contributed by atoms with E-state index in [2.05, 4.69) is 12.2 Å². The van der Waals surface area contributed by atoms with E-state index in [9.17, 15) is 8.42 Å². The molecule has 2 atom stereocenters. The molecule has 18 heavy (non-hydrogen) atoms. The summed E-state index contributed by atoms with van der Waals surface area (Å²) >= 11 is 0. The molecule has 0 aromatic carbocycles. The molecular formula is C12H28N2O3S. The van der Waals surface area contributed by atoms with Gasteiger partial charge in [0.2, 0.25) is 10.0 Å². The van der Waals surface area contributed by atoms with Crippen LogP contribution in [-0.2, 0) is 14.8 Å². The highest BCUT2D eigenvalue weighted by Gasteiger charge is 2.30. The number of nitrogens with one attached hydrogen (secondary N) is 1. The Bertz CT molecular complexity index is 306. The second-order valence-corrected chi connectivity index (χ2v) is 6.87. The average Bonchev–Trinajstić information content (AvgIpc) is 2.30. The Morgan fingerprint density at radius 1 is 1.28 bits per heavy atom. The van der Waals surface area contributed by atoms with Gasteiger partial charge in [0.15, 0.2) is 0 Å². The minimum Gasteiger partial charge on any atom is -0.383 e. The fourth-order valence-electron chi connectivity index (χ4n) is 1.89. The minimum atomic E-state index is -3.26. The highest BCUT2D eigenvalue weighted by Crippen LogP contribution is 2.12. The Labute approximate surface area is 112 Å². The lowest BCUT2D eigenvalue weighted by Gasteiger charge is -2.29. The number of methoxy groups -OCH3 is 1. The Morgan fingerprint density at radius 3 is 2.33 bits per heavy atom. The molecule has 0 fully saturated rings. The Hall–Kier alpha value is -0.170. The van der Waals surface area contributed by atoms with Crippen molar-refractivity contribution in [1.82, 2.24) is 9.62 Å². The van der Waals surface area contributed by atoms with Crippen LogP contribution in [0, 0.1) is 0 Å². The third-order valence-corrected chi connectivity index (χ3v) is 5.36. The van der Waals surface area contributed by atoms with Crippen molar-refractivity contribution in [2.75, 3.05) is 33.4 Å². The van der Waals surface area contributed by atoms with Gasteiger partial charge in [-0.1, -0.05) is 13.8 Å². The van der Waals surface area contributed by atoms with Crippen LogP contribution in [0.5, 0.6) is 0 Å². The van der Waals surface area contributed by atoms with Crippen LogP contribution in [0.2, 0.25) is 0 Å². The number of ether oxygens (including phenoxy) is 1. The molecule has 2 unspecified atom stereocenters. The largest absolute Gasteiger partial charge is 0.383 e. The van der Waals surface area contributed by atoms with Gasteiger partial charge in [-0.15, -0.1) is 0 Å². The minimum absolute atomic E-state index is 0.126. The molecule has 0 saturated carbocycles. The number of sulfonamides is 1. The Morgan fingerprint density at radius 2 is 1.89 bits per heavy atom. The van der Waals surface area contributed by atoms with Crippen molar-refractivity contribution in [1.29, 1.82) is 0 Å². The molecule has 1 N–H and O–H groups in total. The molecule has 0 spiro atoms. The van der Waals surface area contributed by atoms with E-state index < -0.39 is 15.3 Å². The summed E-state index contributed by atoms with van der Waals surface area (Å²) in [5.41, 5.74) is 0. The quantitative estimate of drug-likeness (QED) is 0.608. The molecule has 0 radical (unpaired) electrons. The first-order valence-electron chi connectivity index (χ1n) is 6.62. The predicted octanol–water partition coefficient (Wildman–Crippen LogP) is 1.06. The molecule has 110 valence electrons. The second-order valence-electron chi connectivity index (χ2n) is 4.57. The Kier molecular flexibility index (Phi) is 8.77. The smallest absolute Gasteiger partial charge is 0.218 e. The number of hydrogen-bond acceptors (Lipinski definition) is 4. The van der Waals surface area contributed by atoms with Crippen LogP contribution in [0.25, 0.3) is 0 Å². The van der Waals surface area contributed by atoms with Gasteiger partial charge < -0.3 is 10.1 Å². The van der Waals surface area contributed by atoms with E-state index in [0.29, 0.717) is 19.7 Å². The summed E-state index contributed by atoms with van der Waals surface area (Å²) in [4.78, 5) is 0. The van der Waals surface area contributed by atoms with Gasteiger partial charge in [0.05, 0.1) is 11.9 Å². The lowest BCUT2D eigenvalue weighted by atomic mass is 10.4. The van der Waals surface area contributed by atoms with E-state index in [1.807, 2.05) is 13.8 Å². The lowest BCUT2D eigenvalue weighted by molar-refractivity contribution is 0.142. The van der Waals surface area contributed by atoms with Crippen molar-refractivity contribution in [2.24, 2.45) is 0 Å². The first-order valence-corrected chi connectivity index (χ1v) is 8.12. The predicted molar refractivity (Wildman–Crippen MR) is 75.3 cm³/mol. The topological polar surface area (TPSA) is 58.6 Å². The average molecular weight is 280 g/mol. The van der Waals surface area contributed by atoms with E-state index in [-0.39, 0.29) is 6.04 Å². The molecule has 0 heterocycles. The third kappa shape index (κ3) is 5.22. The lowest BCUT2D eigenvalue weighted by Crippen LogP contribution is -2.47. The number of likely N-dealkylation sites (N-methyl/N-ethyl adjacent to an activating group) is 1. The van der Waals surface area contributed by atoms with Gasteiger partial charge in [-0.25, -0.2) is 8.42 Å². The molecule has 0 aliphatic rings. The van der Waals surface area contributed by atoms with Crippen molar-refractivity contribution >= 4 is 10.0 Å². The number of hydrogen-bond donors (Lipinski definition) is 1. The van der Waals surface area contributed by atoms with Crippen LogP contribution in [0.15, 0.2) is 0 Å². The van der Waals surface area contributed by atoms with Crippen LogP contribution in [0.1, 0.15) is 34.1 Å². The van der Waals surface area contributed by atoms with Gasteiger partial charge in [0.1, 0.15) is 0 Å². The summed E-state index contributed by atoms with van der Waals surface area (Å²) in [7, 11) is -1.68. The molecule has 0 aromatic rings. The van der Waals surface area contributed by atoms with Gasteiger partial charge in [0.25, 0.3) is 0 Å². The summed E-state index contributed by atoms with van der Waals surface area (Å²) < 4.78 is 31.4. The number of nitrogens with zero attached hydrogens (tertiary/aromatic N) is 1. The van der Waals surface area contributed by atoms with Gasteiger partial charge in [0, 0.05) is 26.2 Å². The fraction of sp³-hybridized carbons (Fsp3) is 1.00. The summed E-state index contributed by atoms with van der Waals surface area (Å²) in [6.45, 7) is 9.77. The SMILES string of the molecule is CCCNCC(C)S(=O)(=O)N(CC)C(C)COC. The van der Waals surface area contributed by atoms with E-state index in [0.717, 1.165) is 13.0 Å². The van der Waals surface area contributed by atoms with Gasteiger partial charge in [-0.2, -0.15) is 4.31 Å².